The van der Waals surface area contributed by atoms with Crippen LogP contribution in [0.2, 0.25) is 0 Å². The number of methoxy groups -OCH3 is 1. The predicted octanol–water partition coefficient (Wildman–Crippen LogP) is 2.65. The zero-order valence-corrected chi connectivity index (χ0v) is 10.1. The van der Waals surface area contributed by atoms with E-state index in [1.54, 1.807) is 42.8 Å². The molecule has 1 atom stereocenters. The molecule has 0 aliphatic heterocycles. The van der Waals surface area contributed by atoms with Crippen LogP contribution < -0.4 is 4.74 Å². The van der Waals surface area contributed by atoms with Crippen molar-refractivity contribution in [2.45, 2.75) is 6.10 Å². The fraction of sp³-hybridized carbons (Fsp3) is 0.154. The van der Waals surface area contributed by atoms with E-state index in [9.17, 15) is 9.90 Å². The molecule has 88 valence electrons. The molecule has 1 aromatic heterocycles. The SMILES string of the molecule is COc1ccc(C(O)c2sccc2C=O)cc1. The van der Waals surface area contributed by atoms with Gasteiger partial charge in [-0.25, -0.2) is 0 Å². The standard InChI is InChI=1S/C13H12O3S/c1-16-11-4-2-9(3-5-11)12(15)13-10(8-14)6-7-17-13/h2-8,12,15H,1H3. The highest BCUT2D eigenvalue weighted by Crippen LogP contribution is 2.29. The van der Waals surface area contributed by atoms with Crippen LogP contribution in [0.3, 0.4) is 0 Å². The van der Waals surface area contributed by atoms with Gasteiger partial charge in [0.2, 0.25) is 0 Å². The zero-order valence-electron chi connectivity index (χ0n) is 9.29. The second-order valence-corrected chi connectivity index (χ2v) is 4.48. The van der Waals surface area contributed by atoms with Gasteiger partial charge in [-0.3, -0.25) is 4.79 Å². The Morgan fingerprint density at radius 3 is 2.59 bits per heavy atom. The molecule has 0 fully saturated rings. The van der Waals surface area contributed by atoms with E-state index in [1.165, 1.54) is 11.3 Å². The summed E-state index contributed by atoms with van der Waals surface area (Å²) in [6.07, 6.45) is -0.000388. The number of benzene rings is 1. The molecule has 0 bridgehead atoms. The van der Waals surface area contributed by atoms with Gasteiger partial charge in [-0.05, 0) is 29.1 Å². The van der Waals surface area contributed by atoms with Gasteiger partial charge >= 0.3 is 0 Å². The molecule has 0 saturated heterocycles. The zero-order chi connectivity index (χ0) is 12.3. The van der Waals surface area contributed by atoms with E-state index in [1.807, 2.05) is 0 Å². The summed E-state index contributed by atoms with van der Waals surface area (Å²) in [7, 11) is 1.59. The molecule has 1 heterocycles. The molecule has 0 saturated carbocycles. The first-order valence-electron chi connectivity index (χ1n) is 5.11. The van der Waals surface area contributed by atoms with Gasteiger partial charge in [0, 0.05) is 10.4 Å². The van der Waals surface area contributed by atoms with E-state index in [4.69, 9.17) is 4.74 Å². The van der Waals surface area contributed by atoms with Crippen LogP contribution in [0.5, 0.6) is 5.75 Å². The molecule has 2 rings (SSSR count). The summed E-state index contributed by atoms with van der Waals surface area (Å²) in [6.45, 7) is 0. The Kier molecular flexibility index (Phi) is 3.56. The summed E-state index contributed by atoms with van der Waals surface area (Å²) < 4.78 is 5.05. The van der Waals surface area contributed by atoms with Crippen LogP contribution in [0.1, 0.15) is 26.9 Å². The molecule has 0 radical (unpaired) electrons. The number of aliphatic hydroxyl groups is 1. The average molecular weight is 248 g/mol. The van der Waals surface area contributed by atoms with Crippen molar-refractivity contribution in [1.29, 1.82) is 0 Å². The van der Waals surface area contributed by atoms with E-state index in [2.05, 4.69) is 0 Å². The lowest BCUT2D eigenvalue weighted by Gasteiger charge is -2.10. The number of carbonyl (C=O) groups is 1. The summed E-state index contributed by atoms with van der Waals surface area (Å²) >= 11 is 1.37. The van der Waals surface area contributed by atoms with Gasteiger partial charge in [-0.2, -0.15) is 0 Å². The molecule has 1 unspecified atom stereocenters. The molecule has 17 heavy (non-hydrogen) atoms. The fourth-order valence-corrected chi connectivity index (χ4v) is 2.47. The quantitative estimate of drug-likeness (QED) is 0.846. The van der Waals surface area contributed by atoms with Crippen LogP contribution in [0, 0.1) is 0 Å². The van der Waals surface area contributed by atoms with Crippen LogP contribution in [0.4, 0.5) is 0 Å². The van der Waals surface area contributed by atoms with Gasteiger partial charge in [0.15, 0.2) is 6.29 Å². The normalized spacial score (nSPS) is 12.1. The molecule has 0 aliphatic rings. The van der Waals surface area contributed by atoms with Crippen molar-refractivity contribution in [2.75, 3.05) is 7.11 Å². The number of hydrogen-bond donors (Lipinski definition) is 1. The molecule has 0 spiro atoms. The summed E-state index contributed by atoms with van der Waals surface area (Å²) in [4.78, 5) is 11.5. The third kappa shape index (κ3) is 2.38. The number of aldehydes is 1. The Bertz CT molecular complexity index is 502. The monoisotopic (exact) mass is 248 g/mol. The van der Waals surface area contributed by atoms with Crippen LogP contribution >= 0.6 is 11.3 Å². The third-order valence-electron chi connectivity index (χ3n) is 2.53. The van der Waals surface area contributed by atoms with Gasteiger partial charge in [-0.1, -0.05) is 12.1 Å². The first-order valence-corrected chi connectivity index (χ1v) is 5.99. The molecule has 4 heteroatoms. The van der Waals surface area contributed by atoms with E-state index in [0.717, 1.165) is 17.6 Å². The molecule has 2 aromatic rings. The number of thiophene rings is 1. The fourth-order valence-electron chi connectivity index (χ4n) is 1.59. The van der Waals surface area contributed by atoms with E-state index in [0.29, 0.717) is 10.4 Å². The minimum atomic E-state index is -0.763. The summed E-state index contributed by atoms with van der Waals surface area (Å²) in [5.74, 6) is 0.739. The van der Waals surface area contributed by atoms with Gasteiger partial charge < -0.3 is 9.84 Å². The lowest BCUT2D eigenvalue weighted by Crippen LogP contribution is -1.99. The van der Waals surface area contributed by atoms with E-state index in [-0.39, 0.29) is 0 Å². The minimum absolute atomic E-state index is 0.540. The lowest BCUT2D eigenvalue weighted by molar-refractivity contribution is 0.111. The second-order valence-electron chi connectivity index (χ2n) is 3.53. The number of rotatable bonds is 4. The molecule has 0 amide bonds. The van der Waals surface area contributed by atoms with Crippen molar-refractivity contribution < 1.29 is 14.6 Å². The van der Waals surface area contributed by atoms with Gasteiger partial charge in [0.05, 0.1) is 7.11 Å². The summed E-state index contributed by atoms with van der Waals surface area (Å²) in [5.41, 5.74) is 1.29. The Morgan fingerprint density at radius 2 is 2.00 bits per heavy atom. The number of carbonyl (C=O) groups excluding carboxylic acids is 1. The van der Waals surface area contributed by atoms with Gasteiger partial charge in [0.1, 0.15) is 11.9 Å². The van der Waals surface area contributed by atoms with Crippen molar-refractivity contribution in [3.8, 4) is 5.75 Å². The predicted molar refractivity (Wildman–Crippen MR) is 66.8 cm³/mol. The topological polar surface area (TPSA) is 46.5 Å². The largest absolute Gasteiger partial charge is 0.497 e. The maximum Gasteiger partial charge on any atom is 0.151 e. The second kappa shape index (κ2) is 5.12. The van der Waals surface area contributed by atoms with Crippen molar-refractivity contribution in [2.24, 2.45) is 0 Å². The maximum absolute atomic E-state index is 10.8. The summed E-state index contributed by atoms with van der Waals surface area (Å²) in [5, 5.41) is 12.0. The van der Waals surface area contributed by atoms with E-state index >= 15 is 0 Å². The first-order chi connectivity index (χ1) is 8.26. The molecular formula is C13H12O3S. The van der Waals surface area contributed by atoms with Crippen LogP contribution in [-0.4, -0.2) is 18.5 Å². The minimum Gasteiger partial charge on any atom is -0.497 e. The first kappa shape index (κ1) is 11.8. The third-order valence-corrected chi connectivity index (χ3v) is 3.52. The number of hydrogen-bond acceptors (Lipinski definition) is 4. The highest BCUT2D eigenvalue weighted by Gasteiger charge is 2.15. The smallest absolute Gasteiger partial charge is 0.151 e. The lowest BCUT2D eigenvalue weighted by atomic mass is 10.1. The van der Waals surface area contributed by atoms with Gasteiger partial charge in [0.25, 0.3) is 0 Å². The Labute approximate surface area is 103 Å². The molecular weight excluding hydrogens is 236 g/mol. The van der Waals surface area contributed by atoms with Crippen LogP contribution in [0.15, 0.2) is 35.7 Å². The average Bonchev–Trinajstić information content (AvgIpc) is 2.86. The number of aliphatic hydroxyl groups excluding tert-OH is 1. The van der Waals surface area contributed by atoms with Gasteiger partial charge in [-0.15, -0.1) is 11.3 Å². The Balaban J connectivity index is 2.30. The maximum atomic E-state index is 10.8. The number of ether oxygens (including phenoxy) is 1. The molecule has 3 nitrogen and oxygen atoms in total. The van der Waals surface area contributed by atoms with Crippen LogP contribution in [-0.2, 0) is 0 Å². The van der Waals surface area contributed by atoms with Crippen LogP contribution in [0.25, 0.3) is 0 Å². The van der Waals surface area contributed by atoms with Crippen molar-refractivity contribution in [1.82, 2.24) is 0 Å². The summed E-state index contributed by atoms with van der Waals surface area (Å²) in [6, 6.07) is 8.86. The highest BCUT2D eigenvalue weighted by atomic mass is 32.1. The van der Waals surface area contributed by atoms with Crippen molar-refractivity contribution in [3.63, 3.8) is 0 Å². The van der Waals surface area contributed by atoms with Crippen molar-refractivity contribution in [3.05, 3.63) is 51.7 Å². The highest BCUT2D eigenvalue weighted by molar-refractivity contribution is 7.10. The molecule has 0 aliphatic carbocycles. The van der Waals surface area contributed by atoms with Crippen molar-refractivity contribution >= 4 is 17.6 Å². The Morgan fingerprint density at radius 1 is 1.29 bits per heavy atom. The van der Waals surface area contributed by atoms with E-state index < -0.39 is 6.10 Å². The molecule has 1 aromatic carbocycles. The molecule has 1 N–H and O–H groups in total. The Hall–Kier alpha value is -1.65.